The van der Waals surface area contributed by atoms with E-state index in [1.165, 1.54) is 7.11 Å². The molecule has 0 saturated heterocycles. The van der Waals surface area contributed by atoms with Crippen molar-refractivity contribution in [2.75, 3.05) is 13.7 Å². The Morgan fingerprint density at radius 3 is 2.64 bits per heavy atom. The van der Waals surface area contributed by atoms with Crippen molar-refractivity contribution >= 4 is 32.9 Å². The summed E-state index contributed by atoms with van der Waals surface area (Å²) in [7, 11) is 1.52. The number of hydrogen-bond donors (Lipinski definition) is 2. The third-order valence-electron chi connectivity index (χ3n) is 1.76. The van der Waals surface area contributed by atoms with Gasteiger partial charge < -0.3 is 15.6 Å². The maximum absolute atomic E-state index is 9.46. The normalized spacial score (nSPS) is 9.36. The minimum absolute atomic E-state index is 0. The highest BCUT2D eigenvalue weighted by atomic mass is 79.9. The molecule has 3 N–H and O–H groups in total. The second-order valence-corrected chi connectivity index (χ2v) is 3.51. The number of hydrogen-bond acceptors (Lipinski definition) is 3. The Kier molecular flexibility index (Phi) is 6.15. The van der Waals surface area contributed by atoms with Crippen LogP contribution < -0.4 is 10.5 Å². The van der Waals surface area contributed by atoms with Crippen LogP contribution in [0.5, 0.6) is 11.5 Å². The van der Waals surface area contributed by atoms with Crippen molar-refractivity contribution in [1.29, 1.82) is 0 Å². The highest BCUT2D eigenvalue weighted by Gasteiger charge is 2.06. The zero-order chi connectivity index (χ0) is 9.84. The molecule has 80 valence electrons. The fourth-order valence-electron chi connectivity index (χ4n) is 1.10. The average Bonchev–Trinajstić information content (AvgIpc) is 2.11. The number of ether oxygens (including phenoxy) is 1. The van der Waals surface area contributed by atoms with Gasteiger partial charge in [-0.1, -0.05) is 15.9 Å². The van der Waals surface area contributed by atoms with E-state index in [2.05, 4.69) is 15.9 Å². The van der Waals surface area contributed by atoms with Crippen LogP contribution in [0.15, 0.2) is 16.6 Å². The van der Waals surface area contributed by atoms with Gasteiger partial charge in [-0.15, -0.1) is 17.0 Å². The first-order valence-corrected chi connectivity index (χ1v) is 4.73. The quantitative estimate of drug-likeness (QED) is 0.895. The van der Waals surface area contributed by atoms with E-state index in [1.54, 1.807) is 12.1 Å². The predicted molar refractivity (Wildman–Crippen MR) is 65.4 cm³/mol. The third-order valence-corrected chi connectivity index (χ3v) is 2.50. The smallest absolute Gasteiger partial charge is 0.161 e. The van der Waals surface area contributed by atoms with Crippen molar-refractivity contribution in [2.45, 2.75) is 6.42 Å². The van der Waals surface area contributed by atoms with Crippen molar-refractivity contribution in [2.24, 2.45) is 5.73 Å². The van der Waals surface area contributed by atoms with Gasteiger partial charge in [0.05, 0.1) is 7.11 Å². The maximum Gasteiger partial charge on any atom is 0.161 e. The van der Waals surface area contributed by atoms with E-state index >= 15 is 0 Å². The molecule has 3 nitrogen and oxygen atoms in total. The van der Waals surface area contributed by atoms with Gasteiger partial charge in [-0.3, -0.25) is 0 Å². The molecule has 1 rings (SSSR count). The van der Waals surface area contributed by atoms with Crippen LogP contribution in [0.25, 0.3) is 0 Å². The van der Waals surface area contributed by atoms with Crippen LogP contribution in [0.3, 0.4) is 0 Å². The molecule has 0 aliphatic carbocycles. The lowest BCUT2D eigenvalue weighted by Gasteiger charge is -2.07. The van der Waals surface area contributed by atoms with Crippen molar-refractivity contribution in [3.8, 4) is 11.5 Å². The van der Waals surface area contributed by atoms with E-state index in [-0.39, 0.29) is 22.7 Å². The number of aromatic hydroxyl groups is 1. The minimum atomic E-state index is 0. The molecular weight excluding hydrogens is 314 g/mol. The summed E-state index contributed by atoms with van der Waals surface area (Å²) in [5.41, 5.74) is 6.40. The lowest BCUT2D eigenvalue weighted by atomic mass is 10.1. The summed E-state index contributed by atoms with van der Waals surface area (Å²) in [6.45, 7) is 0.560. The summed E-state index contributed by atoms with van der Waals surface area (Å²) in [4.78, 5) is 0. The van der Waals surface area contributed by atoms with E-state index in [0.29, 0.717) is 12.3 Å². The van der Waals surface area contributed by atoms with Crippen LogP contribution in [0.1, 0.15) is 5.56 Å². The Morgan fingerprint density at radius 1 is 1.50 bits per heavy atom. The molecule has 0 atom stereocenters. The maximum atomic E-state index is 9.46. The molecule has 0 aliphatic rings. The molecule has 0 amide bonds. The van der Waals surface area contributed by atoms with E-state index in [0.717, 1.165) is 16.5 Å². The molecule has 14 heavy (non-hydrogen) atoms. The summed E-state index contributed by atoms with van der Waals surface area (Å²) in [6.07, 6.45) is 0.734. The summed E-state index contributed by atoms with van der Waals surface area (Å²) in [5.74, 6) is 0.613. The molecule has 0 unspecified atom stereocenters. The highest BCUT2D eigenvalue weighted by Crippen LogP contribution is 2.32. The fraction of sp³-hybridized carbons (Fsp3) is 0.333. The van der Waals surface area contributed by atoms with Gasteiger partial charge in [0.15, 0.2) is 11.5 Å². The number of methoxy groups -OCH3 is 1. The SMILES string of the molecule is Br.COc1cc(Br)c(CCN)cc1O. The first-order valence-electron chi connectivity index (χ1n) is 3.94. The van der Waals surface area contributed by atoms with Gasteiger partial charge in [0.1, 0.15) is 0 Å². The fourth-order valence-corrected chi connectivity index (χ4v) is 1.62. The molecule has 0 saturated carbocycles. The van der Waals surface area contributed by atoms with E-state index in [4.69, 9.17) is 10.5 Å². The van der Waals surface area contributed by atoms with Gasteiger partial charge >= 0.3 is 0 Å². The van der Waals surface area contributed by atoms with E-state index in [1.807, 2.05) is 0 Å². The minimum Gasteiger partial charge on any atom is -0.504 e. The van der Waals surface area contributed by atoms with Crippen LogP contribution in [0, 0.1) is 0 Å². The van der Waals surface area contributed by atoms with E-state index in [9.17, 15) is 5.11 Å². The van der Waals surface area contributed by atoms with Crippen molar-refractivity contribution in [1.82, 2.24) is 0 Å². The average molecular weight is 327 g/mol. The van der Waals surface area contributed by atoms with Crippen molar-refractivity contribution in [3.05, 3.63) is 22.2 Å². The first kappa shape index (κ1) is 13.7. The Bertz CT molecular complexity index is 305. The van der Waals surface area contributed by atoms with Gasteiger partial charge in [-0.05, 0) is 30.7 Å². The van der Waals surface area contributed by atoms with Crippen LogP contribution >= 0.6 is 32.9 Å². The van der Waals surface area contributed by atoms with Crippen LogP contribution in [0.4, 0.5) is 0 Å². The number of benzene rings is 1. The van der Waals surface area contributed by atoms with Gasteiger partial charge in [-0.2, -0.15) is 0 Å². The van der Waals surface area contributed by atoms with Gasteiger partial charge in [0, 0.05) is 4.47 Å². The Morgan fingerprint density at radius 2 is 2.14 bits per heavy atom. The van der Waals surface area contributed by atoms with Crippen LogP contribution in [-0.2, 0) is 6.42 Å². The van der Waals surface area contributed by atoms with Crippen LogP contribution in [-0.4, -0.2) is 18.8 Å². The monoisotopic (exact) mass is 325 g/mol. The summed E-state index contributed by atoms with van der Waals surface area (Å²) in [6, 6.07) is 3.40. The standard InChI is InChI=1S/C9H12BrNO2.BrH/c1-13-9-5-7(10)6(2-3-11)4-8(9)12;/h4-5,12H,2-3,11H2,1H3;1H. The molecule has 0 bridgehead atoms. The number of rotatable bonds is 3. The Balaban J connectivity index is 0.00000169. The highest BCUT2D eigenvalue weighted by molar-refractivity contribution is 9.10. The molecule has 0 aliphatic heterocycles. The molecule has 0 fully saturated rings. The summed E-state index contributed by atoms with van der Waals surface area (Å²) >= 11 is 3.38. The molecule has 1 aromatic rings. The lowest BCUT2D eigenvalue weighted by Crippen LogP contribution is -2.03. The zero-order valence-corrected chi connectivity index (χ0v) is 11.1. The van der Waals surface area contributed by atoms with Gasteiger partial charge in [-0.25, -0.2) is 0 Å². The molecule has 5 heteroatoms. The van der Waals surface area contributed by atoms with Gasteiger partial charge in [0.25, 0.3) is 0 Å². The third kappa shape index (κ3) is 3.15. The summed E-state index contributed by atoms with van der Waals surface area (Å²) in [5, 5.41) is 9.46. The molecule has 1 aromatic carbocycles. The topological polar surface area (TPSA) is 55.5 Å². The second-order valence-electron chi connectivity index (χ2n) is 2.65. The Labute approximate surface area is 102 Å². The van der Waals surface area contributed by atoms with Crippen molar-refractivity contribution in [3.63, 3.8) is 0 Å². The summed E-state index contributed by atoms with van der Waals surface area (Å²) < 4.78 is 5.86. The molecule has 0 aromatic heterocycles. The number of nitrogens with two attached hydrogens (primary N) is 1. The van der Waals surface area contributed by atoms with Gasteiger partial charge in [0.2, 0.25) is 0 Å². The number of phenolic OH excluding ortho intramolecular Hbond substituents is 1. The lowest BCUT2D eigenvalue weighted by molar-refractivity contribution is 0.372. The zero-order valence-electron chi connectivity index (χ0n) is 7.79. The largest absolute Gasteiger partial charge is 0.504 e. The van der Waals surface area contributed by atoms with Crippen LogP contribution in [0.2, 0.25) is 0 Å². The predicted octanol–water partition coefficient (Wildman–Crippen LogP) is 2.24. The molecule has 0 spiro atoms. The Hall–Kier alpha value is -0.260. The first-order chi connectivity index (χ1) is 6.19. The molecule has 0 heterocycles. The second kappa shape index (κ2) is 6.27. The molecule has 0 radical (unpaired) electrons. The number of phenols is 1. The number of halogens is 2. The van der Waals surface area contributed by atoms with Crippen molar-refractivity contribution < 1.29 is 9.84 Å². The van der Waals surface area contributed by atoms with E-state index < -0.39 is 0 Å². The molecular formula is C9H13Br2NO2.